The number of aromatic carboxylic acids is 1. The van der Waals surface area contributed by atoms with Crippen molar-refractivity contribution in [2.45, 2.75) is 0 Å². The molecular formula is C12H8LiNO3. The average Bonchev–Trinajstić information content (AvgIpc) is 2.30. The second kappa shape index (κ2) is 5.53. The molecule has 1 aromatic heterocycles. The molecule has 0 unspecified atom stereocenters. The van der Waals surface area contributed by atoms with Crippen molar-refractivity contribution in [3.63, 3.8) is 0 Å². The van der Waals surface area contributed by atoms with Crippen LogP contribution in [0, 0.1) is 5.21 Å². The molecule has 0 aliphatic rings. The van der Waals surface area contributed by atoms with Gasteiger partial charge in [-0.1, -0.05) is 18.2 Å². The van der Waals surface area contributed by atoms with Crippen LogP contribution in [0.25, 0.3) is 11.3 Å². The van der Waals surface area contributed by atoms with Gasteiger partial charge >= 0.3 is 18.9 Å². The van der Waals surface area contributed by atoms with E-state index in [4.69, 9.17) is 0 Å². The second-order valence-corrected chi connectivity index (χ2v) is 3.28. The van der Waals surface area contributed by atoms with Crippen LogP contribution in [-0.2, 0) is 0 Å². The number of carbonyl (C=O) groups is 1. The van der Waals surface area contributed by atoms with Gasteiger partial charge in [0.25, 0.3) is 0 Å². The number of carboxylic acid groups (broad SMARTS) is 1. The predicted molar refractivity (Wildman–Crippen MR) is 55.2 cm³/mol. The van der Waals surface area contributed by atoms with Crippen molar-refractivity contribution in [3.8, 4) is 11.3 Å². The smallest absolute Gasteiger partial charge is 0.618 e. The molecule has 0 amide bonds. The van der Waals surface area contributed by atoms with Crippen LogP contribution in [0.2, 0.25) is 0 Å². The van der Waals surface area contributed by atoms with Gasteiger partial charge in [-0.05, 0) is 12.1 Å². The Bertz CT molecular complexity index is 529. The Labute approximate surface area is 110 Å². The molecule has 0 aliphatic carbocycles. The van der Waals surface area contributed by atoms with Crippen LogP contribution in [0.4, 0.5) is 0 Å². The van der Waals surface area contributed by atoms with Gasteiger partial charge in [-0.25, -0.2) is 0 Å². The van der Waals surface area contributed by atoms with Gasteiger partial charge in [0.15, 0.2) is 6.20 Å². The van der Waals surface area contributed by atoms with Crippen molar-refractivity contribution in [2.75, 3.05) is 0 Å². The molecule has 0 fully saturated rings. The van der Waals surface area contributed by atoms with E-state index in [0.29, 0.717) is 16.0 Å². The number of nitrogens with zero attached hydrogens (tertiary/aromatic N) is 1. The van der Waals surface area contributed by atoms with E-state index < -0.39 is 5.97 Å². The maximum Gasteiger partial charge on any atom is 1.00 e. The molecule has 0 N–H and O–H groups in total. The van der Waals surface area contributed by atoms with Gasteiger partial charge in [-0.15, -0.1) is 0 Å². The van der Waals surface area contributed by atoms with Crippen LogP contribution in [-0.4, -0.2) is 5.97 Å². The van der Waals surface area contributed by atoms with Crippen LogP contribution in [0.5, 0.6) is 0 Å². The van der Waals surface area contributed by atoms with E-state index in [2.05, 4.69) is 0 Å². The Kier molecular flexibility index (Phi) is 4.33. The minimum absolute atomic E-state index is 0. The summed E-state index contributed by atoms with van der Waals surface area (Å²) in [4.78, 5) is 10.7. The van der Waals surface area contributed by atoms with Crippen molar-refractivity contribution >= 4 is 5.97 Å². The number of hydrogen-bond donors (Lipinski definition) is 0. The summed E-state index contributed by atoms with van der Waals surface area (Å²) in [6.07, 6.45) is 1.16. The molecular weight excluding hydrogens is 213 g/mol. The summed E-state index contributed by atoms with van der Waals surface area (Å²) in [6, 6.07) is 11.4. The molecule has 0 bridgehead atoms. The third-order valence-corrected chi connectivity index (χ3v) is 2.22. The Morgan fingerprint density at radius 2 is 1.76 bits per heavy atom. The van der Waals surface area contributed by atoms with Crippen molar-refractivity contribution in [1.82, 2.24) is 0 Å². The molecule has 0 spiro atoms. The first-order valence-corrected chi connectivity index (χ1v) is 4.68. The van der Waals surface area contributed by atoms with Crippen LogP contribution in [0.1, 0.15) is 10.4 Å². The summed E-state index contributed by atoms with van der Waals surface area (Å²) in [7, 11) is 0. The minimum atomic E-state index is -1.29. The first-order valence-electron chi connectivity index (χ1n) is 4.68. The topological polar surface area (TPSA) is 67.1 Å². The van der Waals surface area contributed by atoms with Crippen molar-refractivity contribution < 1.29 is 33.5 Å². The third kappa shape index (κ3) is 2.87. The number of carbonyl (C=O) groups excluding carboxylic acids is 1. The molecule has 2 rings (SSSR count). The monoisotopic (exact) mass is 221 g/mol. The molecule has 0 radical (unpaired) electrons. The van der Waals surface area contributed by atoms with E-state index >= 15 is 0 Å². The summed E-state index contributed by atoms with van der Waals surface area (Å²) >= 11 is 0. The van der Waals surface area contributed by atoms with E-state index in [1.165, 1.54) is 12.1 Å². The Hall–Kier alpha value is -1.76. The zero-order valence-corrected chi connectivity index (χ0v) is 9.29. The quantitative estimate of drug-likeness (QED) is 0.316. The van der Waals surface area contributed by atoms with E-state index in [-0.39, 0.29) is 24.4 Å². The Balaban J connectivity index is 0.00000144. The molecule has 2 aromatic rings. The van der Waals surface area contributed by atoms with E-state index in [9.17, 15) is 15.1 Å². The number of aromatic nitrogens is 1. The van der Waals surface area contributed by atoms with Crippen molar-refractivity contribution in [2.24, 2.45) is 0 Å². The maximum absolute atomic E-state index is 11.5. The summed E-state index contributed by atoms with van der Waals surface area (Å²) in [5.74, 6) is -1.29. The molecule has 4 nitrogen and oxygen atoms in total. The van der Waals surface area contributed by atoms with Crippen LogP contribution < -0.4 is 28.7 Å². The van der Waals surface area contributed by atoms with Gasteiger partial charge in [0.05, 0.1) is 5.97 Å². The molecule has 80 valence electrons. The fourth-order valence-electron chi connectivity index (χ4n) is 1.43. The Morgan fingerprint density at radius 1 is 1.12 bits per heavy atom. The fraction of sp³-hybridized carbons (Fsp3) is 0. The Morgan fingerprint density at radius 3 is 2.35 bits per heavy atom. The van der Waals surface area contributed by atoms with Gasteiger partial charge in [0, 0.05) is 23.3 Å². The molecule has 1 aromatic carbocycles. The van der Waals surface area contributed by atoms with Crippen molar-refractivity contribution in [1.29, 1.82) is 0 Å². The largest absolute Gasteiger partial charge is 1.00 e. The van der Waals surface area contributed by atoms with E-state index in [0.717, 1.165) is 6.20 Å². The zero-order chi connectivity index (χ0) is 11.5. The van der Waals surface area contributed by atoms with E-state index in [1.807, 2.05) is 6.07 Å². The van der Waals surface area contributed by atoms with Crippen LogP contribution in [0.3, 0.4) is 0 Å². The normalized spacial score (nSPS) is 9.41. The average molecular weight is 221 g/mol. The molecule has 5 heteroatoms. The van der Waals surface area contributed by atoms with Gasteiger partial charge < -0.3 is 15.1 Å². The summed E-state index contributed by atoms with van der Waals surface area (Å²) in [5, 5.41) is 22.2. The van der Waals surface area contributed by atoms with Gasteiger partial charge in [0.2, 0.25) is 5.69 Å². The number of hydrogen-bond acceptors (Lipinski definition) is 3. The number of benzene rings is 1. The minimum Gasteiger partial charge on any atom is -0.618 e. The van der Waals surface area contributed by atoms with Gasteiger partial charge in [0.1, 0.15) is 0 Å². The standard InChI is InChI=1S/C12H9NO3.Li/c14-12(15)10-6-7-13(16)11(8-10)9-4-2-1-3-5-9;/h1-8H,(H,14,15);/q;+1/p-1. The molecule has 1 heterocycles. The van der Waals surface area contributed by atoms with Crippen LogP contribution in [0.15, 0.2) is 48.7 Å². The molecule has 0 saturated carbocycles. The predicted octanol–water partition coefficient (Wildman–Crippen LogP) is -2.65. The van der Waals surface area contributed by atoms with Crippen LogP contribution >= 0.6 is 0 Å². The van der Waals surface area contributed by atoms with Gasteiger partial charge in [-0.2, -0.15) is 4.73 Å². The fourth-order valence-corrected chi connectivity index (χ4v) is 1.43. The molecule has 0 atom stereocenters. The first kappa shape index (κ1) is 13.3. The molecule has 17 heavy (non-hydrogen) atoms. The molecule has 0 aliphatic heterocycles. The number of pyridine rings is 1. The zero-order valence-electron chi connectivity index (χ0n) is 9.29. The first-order chi connectivity index (χ1) is 7.68. The van der Waals surface area contributed by atoms with Crippen molar-refractivity contribution in [3.05, 3.63) is 59.4 Å². The summed E-state index contributed by atoms with van der Waals surface area (Å²) < 4.78 is 0.627. The number of rotatable bonds is 2. The second-order valence-electron chi connectivity index (χ2n) is 3.28. The number of carboxylic acids is 1. The SMILES string of the molecule is O=C([O-])c1cc[n+]([O-])c(-c2ccccc2)c1.[Li+]. The summed E-state index contributed by atoms with van der Waals surface area (Å²) in [6.45, 7) is 0. The summed E-state index contributed by atoms with van der Waals surface area (Å²) in [5.41, 5.74) is 0.953. The van der Waals surface area contributed by atoms with Gasteiger partial charge in [-0.3, -0.25) is 0 Å². The molecule has 0 saturated heterocycles. The maximum atomic E-state index is 11.5. The third-order valence-electron chi connectivity index (χ3n) is 2.22. The van der Waals surface area contributed by atoms with E-state index in [1.54, 1.807) is 24.3 Å².